The van der Waals surface area contributed by atoms with E-state index in [-0.39, 0.29) is 0 Å². The standard InChI is InChI=1S/C10H6N4OS2/c15-6-7-8(13-10-14(7)4-5-16-10)17-9-11-2-1-3-12-9/h1-6H. The van der Waals surface area contributed by atoms with Crippen molar-refractivity contribution in [2.45, 2.75) is 10.2 Å². The molecule has 0 aliphatic rings. The Hall–Kier alpha value is -1.73. The fourth-order valence-electron chi connectivity index (χ4n) is 1.39. The highest BCUT2D eigenvalue weighted by Crippen LogP contribution is 2.28. The van der Waals surface area contributed by atoms with Gasteiger partial charge in [0.05, 0.1) is 0 Å². The highest BCUT2D eigenvalue weighted by Gasteiger charge is 2.14. The number of hydrogen-bond acceptors (Lipinski definition) is 6. The molecule has 0 radical (unpaired) electrons. The van der Waals surface area contributed by atoms with Crippen LogP contribution in [-0.4, -0.2) is 25.6 Å². The van der Waals surface area contributed by atoms with Crippen LogP contribution in [-0.2, 0) is 0 Å². The smallest absolute Gasteiger partial charge is 0.195 e. The van der Waals surface area contributed by atoms with E-state index >= 15 is 0 Å². The van der Waals surface area contributed by atoms with Gasteiger partial charge < -0.3 is 0 Å². The Kier molecular flexibility index (Phi) is 2.62. The van der Waals surface area contributed by atoms with Crippen LogP contribution in [0.3, 0.4) is 0 Å². The second-order valence-electron chi connectivity index (χ2n) is 3.11. The Morgan fingerprint density at radius 3 is 2.94 bits per heavy atom. The summed E-state index contributed by atoms with van der Waals surface area (Å²) in [6.45, 7) is 0. The lowest BCUT2D eigenvalue weighted by Crippen LogP contribution is -1.90. The topological polar surface area (TPSA) is 60.2 Å². The van der Waals surface area contributed by atoms with Gasteiger partial charge in [-0.2, -0.15) is 0 Å². The van der Waals surface area contributed by atoms with Gasteiger partial charge in [0.1, 0.15) is 10.7 Å². The summed E-state index contributed by atoms with van der Waals surface area (Å²) in [5.74, 6) is 0. The highest BCUT2D eigenvalue weighted by atomic mass is 32.2. The summed E-state index contributed by atoms with van der Waals surface area (Å²) in [6, 6.07) is 1.75. The van der Waals surface area contributed by atoms with Gasteiger partial charge in [0, 0.05) is 24.0 Å². The normalized spacial score (nSPS) is 10.8. The molecule has 3 heterocycles. The number of carbonyl (C=O) groups is 1. The van der Waals surface area contributed by atoms with Crippen LogP contribution in [0.25, 0.3) is 4.96 Å². The Bertz CT molecular complexity index is 661. The fraction of sp³-hybridized carbons (Fsp3) is 0. The van der Waals surface area contributed by atoms with E-state index in [1.165, 1.54) is 23.1 Å². The monoisotopic (exact) mass is 262 g/mol. The van der Waals surface area contributed by atoms with Crippen LogP contribution in [0.5, 0.6) is 0 Å². The number of aldehydes is 1. The van der Waals surface area contributed by atoms with Crippen molar-refractivity contribution in [2.75, 3.05) is 0 Å². The molecule has 0 aliphatic carbocycles. The molecule has 0 atom stereocenters. The zero-order valence-corrected chi connectivity index (χ0v) is 10.1. The number of aromatic nitrogens is 4. The highest BCUT2D eigenvalue weighted by molar-refractivity contribution is 7.99. The molecule has 17 heavy (non-hydrogen) atoms. The molecule has 0 N–H and O–H groups in total. The molecule has 3 aromatic heterocycles. The third-order valence-corrected chi connectivity index (χ3v) is 3.75. The molecular weight excluding hydrogens is 256 g/mol. The van der Waals surface area contributed by atoms with Crippen molar-refractivity contribution in [1.82, 2.24) is 19.4 Å². The molecule has 0 amide bonds. The quantitative estimate of drug-likeness (QED) is 0.534. The molecule has 0 unspecified atom stereocenters. The Morgan fingerprint density at radius 2 is 2.18 bits per heavy atom. The number of thiazole rings is 1. The van der Waals surface area contributed by atoms with Crippen LogP contribution in [0.15, 0.2) is 40.2 Å². The lowest BCUT2D eigenvalue weighted by molar-refractivity contribution is 0.111. The molecule has 3 rings (SSSR count). The second kappa shape index (κ2) is 4.27. The van der Waals surface area contributed by atoms with E-state index in [2.05, 4.69) is 15.0 Å². The van der Waals surface area contributed by atoms with Crippen LogP contribution in [0.4, 0.5) is 0 Å². The number of rotatable bonds is 3. The predicted molar refractivity (Wildman–Crippen MR) is 64.6 cm³/mol. The molecule has 0 saturated heterocycles. The van der Waals surface area contributed by atoms with E-state index < -0.39 is 0 Å². The molecule has 5 nitrogen and oxygen atoms in total. The van der Waals surface area contributed by atoms with E-state index in [4.69, 9.17) is 0 Å². The predicted octanol–water partition coefficient (Wildman–Crippen LogP) is 2.15. The first-order valence-corrected chi connectivity index (χ1v) is 6.43. The summed E-state index contributed by atoms with van der Waals surface area (Å²) >= 11 is 2.78. The van der Waals surface area contributed by atoms with E-state index in [9.17, 15) is 4.79 Å². The number of imidazole rings is 1. The summed E-state index contributed by atoms with van der Waals surface area (Å²) in [6.07, 6.45) is 5.95. The SMILES string of the molecule is O=Cc1c(Sc2ncccn2)nc2sccn12. The van der Waals surface area contributed by atoms with Gasteiger partial charge in [-0.1, -0.05) is 0 Å². The zero-order chi connectivity index (χ0) is 11.7. The first-order valence-electron chi connectivity index (χ1n) is 4.74. The van der Waals surface area contributed by atoms with Crippen LogP contribution < -0.4 is 0 Å². The first kappa shape index (κ1) is 10.4. The molecule has 0 fully saturated rings. The molecule has 0 aliphatic heterocycles. The van der Waals surface area contributed by atoms with Gasteiger partial charge in [0.25, 0.3) is 0 Å². The summed E-state index contributed by atoms with van der Waals surface area (Å²) in [5.41, 5.74) is 0.540. The number of carbonyl (C=O) groups excluding carboxylic acids is 1. The summed E-state index contributed by atoms with van der Waals surface area (Å²) in [7, 11) is 0. The minimum Gasteiger partial charge on any atom is -0.296 e. The Morgan fingerprint density at radius 1 is 1.35 bits per heavy atom. The third kappa shape index (κ3) is 1.83. The van der Waals surface area contributed by atoms with Crippen LogP contribution in [0, 0.1) is 0 Å². The van der Waals surface area contributed by atoms with E-state index in [1.807, 2.05) is 11.6 Å². The zero-order valence-electron chi connectivity index (χ0n) is 8.48. The van der Waals surface area contributed by atoms with Gasteiger partial charge in [0.2, 0.25) is 0 Å². The van der Waals surface area contributed by atoms with Gasteiger partial charge in [-0.3, -0.25) is 9.20 Å². The third-order valence-electron chi connectivity index (χ3n) is 2.11. The van der Waals surface area contributed by atoms with Crippen molar-refractivity contribution in [3.63, 3.8) is 0 Å². The maximum atomic E-state index is 11.1. The molecule has 3 aromatic rings. The molecule has 7 heteroatoms. The van der Waals surface area contributed by atoms with Crippen LogP contribution in [0.1, 0.15) is 10.5 Å². The lowest BCUT2D eigenvalue weighted by Gasteiger charge is -1.95. The number of hydrogen-bond donors (Lipinski definition) is 0. The minimum atomic E-state index is 0.540. The summed E-state index contributed by atoms with van der Waals surface area (Å²) in [5, 5.41) is 3.11. The molecule has 0 saturated carbocycles. The van der Waals surface area contributed by atoms with Crippen molar-refractivity contribution >= 4 is 34.3 Å². The summed E-state index contributed by atoms with van der Waals surface area (Å²) in [4.78, 5) is 24.4. The maximum Gasteiger partial charge on any atom is 0.195 e. The summed E-state index contributed by atoms with van der Waals surface area (Å²) < 4.78 is 1.77. The molecule has 0 spiro atoms. The molecular formula is C10H6N4OS2. The average molecular weight is 262 g/mol. The minimum absolute atomic E-state index is 0.540. The second-order valence-corrected chi connectivity index (χ2v) is 4.94. The Balaban J connectivity index is 2.05. The molecule has 84 valence electrons. The Labute approximate surface area is 105 Å². The van der Waals surface area contributed by atoms with Crippen LogP contribution >= 0.6 is 23.1 Å². The van der Waals surface area contributed by atoms with Gasteiger partial charge in [-0.25, -0.2) is 15.0 Å². The van der Waals surface area contributed by atoms with Gasteiger partial charge >= 0.3 is 0 Å². The number of fused-ring (bicyclic) bond motifs is 1. The molecule has 0 bridgehead atoms. The van der Waals surface area contributed by atoms with Crippen molar-refractivity contribution in [3.05, 3.63) is 35.7 Å². The number of nitrogens with zero attached hydrogens (tertiary/aromatic N) is 4. The average Bonchev–Trinajstić information content (AvgIpc) is 2.90. The molecule has 0 aromatic carbocycles. The van der Waals surface area contributed by atoms with Gasteiger partial charge in [-0.15, -0.1) is 11.3 Å². The van der Waals surface area contributed by atoms with E-state index in [0.29, 0.717) is 15.9 Å². The lowest BCUT2D eigenvalue weighted by atomic mass is 10.5. The maximum absolute atomic E-state index is 11.1. The largest absolute Gasteiger partial charge is 0.296 e. The van der Waals surface area contributed by atoms with Crippen molar-refractivity contribution < 1.29 is 4.79 Å². The first-order chi connectivity index (χ1) is 8.38. The van der Waals surface area contributed by atoms with E-state index in [1.54, 1.807) is 22.9 Å². The van der Waals surface area contributed by atoms with Crippen molar-refractivity contribution in [3.8, 4) is 0 Å². The van der Waals surface area contributed by atoms with Gasteiger partial charge in [0.15, 0.2) is 16.4 Å². The van der Waals surface area contributed by atoms with Gasteiger partial charge in [-0.05, 0) is 17.8 Å². The fourth-order valence-corrected chi connectivity index (χ4v) is 2.95. The van der Waals surface area contributed by atoms with Crippen molar-refractivity contribution in [1.29, 1.82) is 0 Å². The van der Waals surface area contributed by atoms with Crippen molar-refractivity contribution in [2.24, 2.45) is 0 Å². The van der Waals surface area contributed by atoms with E-state index in [0.717, 1.165) is 11.2 Å². The van der Waals surface area contributed by atoms with Crippen LogP contribution in [0.2, 0.25) is 0 Å².